The summed E-state index contributed by atoms with van der Waals surface area (Å²) in [6, 6.07) is 19.4. The van der Waals surface area contributed by atoms with Crippen LogP contribution in [0.3, 0.4) is 0 Å². The van der Waals surface area contributed by atoms with Crippen molar-refractivity contribution in [1.82, 2.24) is 15.0 Å². The van der Waals surface area contributed by atoms with E-state index in [0.717, 1.165) is 37.1 Å². The van der Waals surface area contributed by atoms with Crippen molar-refractivity contribution < 1.29 is 38.2 Å². The molecule has 0 saturated carbocycles. The molecule has 10 nitrogen and oxygen atoms in total. The molecule has 53 heavy (non-hydrogen) atoms. The van der Waals surface area contributed by atoms with E-state index in [2.05, 4.69) is 10.1 Å². The Balaban J connectivity index is 1.20. The molecule has 4 aliphatic rings. The number of carbonyl (C=O) groups is 2. The maximum absolute atomic E-state index is 16.2. The van der Waals surface area contributed by atoms with Gasteiger partial charge in [0, 0.05) is 29.2 Å². The number of likely N-dealkylation sites (tertiary alicyclic amines) is 1. The number of nitrogens with zero attached hydrogens (tertiary/aromatic N) is 3. The Hall–Kier alpha value is -5.10. The van der Waals surface area contributed by atoms with Crippen molar-refractivity contribution in [2.45, 2.75) is 50.5 Å². The first-order valence-corrected chi connectivity index (χ1v) is 18.2. The molecule has 0 bridgehead atoms. The number of aromatic nitrogens is 1. The van der Waals surface area contributed by atoms with Gasteiger partial charge < -0.3 is 24.2 Å². The summed E-state index contributed by atoms with van der Waals surface area (Å²) in [7, 11) is 3.54. The Morgan fingerprint density at radius 1 is 1.00 bits per heavy atom. The zero-order valence-corrected chi connectivity index (χ0v) is 29.8. The molecule has 0 unspecified atom stereocenters. The maximum Gasteiger partial charge on any atom is 0.265 e. The zero-order chi connectivity index (χ0) is 36.9. The van der Waals surface area contributed by atoms with E-state index in [-0.39, 0.29) is 65.7 Å². The third kappa shape index (κ3) is 6.06. The maximum atomic E-state index is 16.2. The van der Waals surface area contributed by atoms with Crippen molar-refractivity contribution in [2.24, 2.45) is 11.8 Å². The molecule has 3 aromatic carbocycles. The molecule has 1 saturated heterocycles. The lowest BCUT2D eigenvalue weighted by atomic mass is 9.58. The van der Waals surface area contributed by atoms with Crippen molar-refractivity contribution in [2.75, 3.05) is 33.7 Å². The summed E-state index contributed by atoms with van der Waals surface area (Å²) in [5.41, 5.74) is -0.457. The molecular formula is C42H42FN3O7. The Morgan fingerprint density at radius 3 is 2.32 bits per heavy atom. The van der Waals surface area contributed by atoms with Gasteiger partial charge >= 0.3 is 0 Å². The number of carbonyl (C=O) groups excluding carboxylic acids is 2. The first-order chi connectivity index (χ1) is 25.7. The number of fused-ring (bicyclic) bond motifs is 4. The Labute approximate surface area is 307 Å². The second kappa shape index (κ2) is 14.0. The average Bonchev–Trinajstić information content (AvgIpc) is 3.83. The van der Waals surface area contributed by atoms with Gasteiger partial charge in [0.05, 0.1) is 11.6 Å². The smallest absolute Gasteiger partial charge is 0.265 e. The van der Waals surface area contributed by atoms with Crippen molar-refractivity contribution in [3.63, 3.8) is 0 Å². The van der Waals surface area contributed by atoms with E-state index in [9.17, 15) is 19.8 Å². The van der Waals surface area contributed by atoms with Crippen LogP contribution >= 0.6 is 0 Å². The van der Waals surface area contributed by atoms with E-state index in [4.69, 9.17) is 14.0 Å². The number of allylic oxidation sites excluding steroid dienone is 1. The molecule has 1 aliphatic heterocycles. The van der Waals surface area contributed by atoms with E-state index in [0.29, 0.717) is 12.1 Å². The fourth-order valence-electron chi connectivity index (χ4n) is 8.58. The van der Waals surface area contributed by atoms with Gasteiger partial charge in [-0.3, -0.25) is 19.4 Å². The van der Waals surface area contributed by atoms with Crippen LogP contribution in [0.4, 0.5) is 4.39 Å². The van der Waals surface area contributed by atoms with Crippen LogP contribution in [-0.2, 0) is 19.6 Å². The number of aliphatic hydroxyl groups excluding tert-OH is 1. The van der Waals surface area contributed by atoms with Gasteiger partial charge in [-0.25, -0.2) is 4.39 Å². The number of halogens is 1. The number of Topliss-reactive ketones (excluding diaryl/α,β-unsaturated/α-hetero) is 2. The van der Waals surface area contributed by atoms with Gasteiger partial charge in [0.25, 0.3) is 5.88 Å². The molecule has 3 aliphatic carbocycles. The van der Waals surface area contributed by atoms with Gasteiger partial charge in [0.15, 0.2) is 17.1 Å². The SMILES string of the molecule is CN(C)[C@@H]1c2onc(OCc3ccccc3)c2C(=O)[C@@]2(O)C(O)=C3C(=O)c4c(c(F)cc(/C=C/CN5CCCC5)c4OCc4ccccc4)C[C@H]3C[C@@H]12. The van der Waals surface area contributed by atoms with Gasteiger partial charge in [0.2, 0.25) is 5.78 Å². The number of hydrogen-bond acceptors (Lipinski definition) is 10. The Kier molecular flexibility index (Phi) is 9.26. The minimum Gasteiger partial charge on any atom is -0.508 e. The molecule has 2 N–H and O–H groups in total. The van der Waals surface area contributed by atoms with E-state index >= 15 is 4.39 Å². The van der Waals surface area contributed by atoms with Gasteiger partial charge in [-0.15, -0.1) is 0 Å². The number of hydrogen-bond donors (Lipinski definition) is 2. The van der Waals surface area contributed by atoms with Gasteiger partial charge in [-0.1, -0.05) is 72.8 Å². The molecular weight excluding hydrogens is 677 g/mol. The number of benzene rings is 3. The molecule has 11 heteroatoms. The zero-order valence-electron chi connectivity index (χ0n) is 29.8. The highest BCUT2D eigenvalue weighted by atomic mass is 19.1. The predicted molar refractivity (Wildman–Crippen MR) is 194 cm³/mol. The lowest BCUT2D eigenvalue weighted by molar-refractivity contribution is -0.0559. The first kappa shape index (κ1) is 35.0. The third-order valence-corrected chi connectivity index (χ3v) is 11.2. The third-order valence-electron chi connectivity index (χ3n) is 11.2. The van der Waals surface area contributed by atoms with Crippen LogP contribution < -0.4 is 9.47 Å². The second-order valence-electron chi connectivity index (χ2n) is 14.7. The van der Waals surface area contributed by atoms with E-state index in [1.165, 1.54) is 6.07 Å². The standard InChI is InChI=1S/C42H42FN3O7/c1-45(2)35-30-21-28-20-29-31(43)22-27(16-11-19-46-17-9-10-18-46)37(51-23-25-12-5-3-6-13-25)33(29)36(47)32(28)39(48)42(30,50)40(49)34-38(35)53-44-41(34)52-24-26-14-7-4-8-15-26/h3-8,11-16,22,28,30,35,48,50H,9-10,17-21,23-24H2,1-2H3/b16-11+/t28-,30-,35-,42-/m0/s1. The van der Waals surface area contributed by atoms with Gasteiger partial charge in [-0.05, 0) is 81.1 Å². The van der Waals surface area contributed by atoms with Crippen molar-refractivity contribution >= 4 is 17.6 Å². The highest BCUT2D eigenvalue weighted by molar-refractivity contribution is 6.16. The molecule has 274 valence electrons. The fourth-order valence-corrected chi connectivity index (χ4v) is 8.58. The lowest BCUT2D eigenvalue weighted by Gasteiger charge is -2.49. The predicted octanol–water partition coefficient (Wildman–Crippen LogP) is 6.50. The van der Waals surface area contributed by atoms with Gasteiger partial charge in [0.1, 0.15) is 36.1 Å². The number of ketones is 2. The topological polar surface area (TPSA) is 126 Å². The van der Waals surface area contributed by atoms with Crippen LogP contribution in [-0.4, -0.2) is 76.1 Å². The number of aliphatic hydroxyl groups is 2. The molecule has 1 fully saturated rings. The summed E-state index contributed by atoms with van der Waals surface area (Å²) < 4.78 is 34.3. The van der Waals surface area contributed by atoms with E-state index < -0.39 is 46.6 Å². The number of rotatable bonds is 10. The normalized spacial score (nSPS) is 24.0. The van der Waals surface area contributed by atoms with Crippen LogP contribution in [0.1, 0.15) is 74.0 Å². The van der Waals surface area contributed by atoms with Crippen LogP contribution in [0.25, 0.3) is 6.08 Å². The minimum atomic E-state index is -2.51. The van der Waals surface area contributed by atoms with E-state index in [1.54, 1.807) is 25.1 Å². The van der Waals surface area contributed by atoms with Crippen LogP contribution in [0.2, 0.25) is 0 Å². The van der Waals surface area contributed by atoms with Crippen molar-refractivity contribution in [3.8, 4) is 11.6 Å². The second-order valence-corrected chi connectivity index (χ2v) is 14.7. The average molecular weight is 720 g/mol. The fraction of sp³-hybridized carbons (Fsp3) is 0.357. The van der Waals surface area contributed by atoms with E-state index in [1.807, 2.05) is 66.7 Å². The van der Waals surface area contributed by atoms with Crippen LogP contribution in [0, 0.1) is 17.7 Å². The van der Waals surface area contributed by atoms with Crippen LogP contribution in [0.15, 0.2) is 88.7 Å². The molecule has 1 aromatic heterocycles. The summed E-state index contributed by atoms with van der Waals surface area (Å²) in [4.78, 5) is 33.3. The highest BCUT2D eigenvalue weighted by Crippen LogP contribution is 2.56. The van der Waals surface area contributed by atoms with Crippen molar-refractivity contribution in [3.05, 3.63) is 129 Å². The minimum absolute atomic E-state index is 0.00780. The molecule has 0 spiro atoms. The summed E-state index contributed by atoms with van der Waals surface area (Å²) >= 11 is 0. The molecule has 0 radical (unpaired) electrons. The molecule has 4 atom stereocenters. The number of ether oxygens (including phenoxy) is 2. The Bertz CT molecular complexity index is 2110. The lowest BCUT2D eigenvalue weighted by Crippen LogP contribution is -2.59. The van der Waals surface area contributed by atoms with Crippen molar-refractivity contribution in [1.29, 1.82) is 0 Å². The summed E-state index contributed by atoms with van der Waals surface area (Å²) in [5.74, 6) is -4.20. The summed E-state index contributed by atoms with van der Waals surface area (Å²) in [5, 5.41) is 28.7. The largest absolute Gasteiger partial charge is 0.508 e. The highest BCUT2D eigenvalue weighted by Gasteiger charge is 2.64. The van der Waals surface area contributed by atoms with Gasteiger partial charge in [-0.2, -0.15) is 0 Å². The quantitative estimate of drug-likeness (QED) is 0.188. The molecule has 4 aromatic rings. The monoisotopic (exact) mass is 719 g/mol. The molecule has 0 amide bonds. The first-order valence-electron chi connectivity index (χ1n) is 18.2. The Morgan fingerprint density at radius 2 is 1.66 bits per heavy atom. The summed E-state index contributed by atoms with van der Waals surface area (Å²) in [6.07, 6.45) is 6.13. The molecule has 2 heterocycles. The molecule has 8 rings (SSSR count). The summed E-state index contributed by atoms with van der Waals surface area (Å²) in [6.45, 7) is 2.84. The van der Waals surface area contributed by atoms with Crippen LogP contribution in [0.5, 0.6) is 11.6 Å².